The maximum absolute atomic E-state index is 13.0. The Hall–Kier alpha value is -2.88. The van der Waals surface area contributed by atoms with Crippen LogP contribution in [0.5, 0.6) is 5.75 Å². The van der Waals surface area contributed by atoms with Crippen molar-refractivity contribution in [2.45, 2.75) is 81.6 Å². The van der Waals surface area contributed by atoms with E-state index in [0.717, 1.165) is 0 Å². The Labute approximate surface area is 254 Å². The molecule has 1 aromatic rings. The highest BCUT2D eigenvalue weighted by Gasteiger charge is 2.56. The van der Waals surface area contributed by atoms with Crippen molar-refractivity contribution < 1.29 is 64.3 Å². The second kappa shape index (κ2) is 14.0. The second-order valence-electron chi connectivity index (χ2n) is 12.0. The first-order chi connectivity index (χ1) is 20.8. The Morgan fingerprint density at radius 3 is 2.41 bits per heavy atom. The maximum atomic E-state index is 13.0. The number of aliphatic hydroxyl groups excluding tert-OH is 6. The zero-order valence-corrected chi connectivity index (χ0v) is 24.7. The third-order valence-electron chi connectivity index (χ3n) is 9.24. The first-order valence-electron chi connectivity index (χ1n) is 14.5. The minimum atomic E-state index is -1.64. The lowest BCUT2D eigenvalue weighted by Gasteiger charge is -2.54. The molecule has 1 aromatic carbocycles. The summed E-state index contributed by atoms with van der Waals surface area (Å²) in [6.07, 6.45) is -8.26. The van der Waals surface area contributed by atoms with Gasteiger partial charge in [0.15, 0.2) is 12.4 Å². The molecule has 0 radical (unpaired) electrons. The number of fused-ring (bicyclic) bond motifs is 1. The van der Waals surface area contributed by atoms with E-state index >= 15 is 0 Å². The molecule has 4 rings (SSSR count). The van der Waals surface area contributed by atoms with E-state index in [9.17, 15) is 45.3 Å². The maximum Gasteiger partial charge on any atom is 0.335 e. The largest absolute Gasteiger partial charge is 0.508 e. The number of benzene rings is 1. The predicted molar refractivity (Wildman–Crippen MR) is 152 cm³/mol. The van der Waals surface area contributed by atoms with Gasteiger partial charge in [0.2, 0.25) is 0 Å². The molecule has 0 amide bonds. The standard InChI is InChI=1S/C31H42O13/c1-15(28(39)41-3)19-10-11-31(2)22(44-29(40)20(34)12-16-4-7-18(33)8-5-16)9-6-17(23(31)24(19)35)14-42-30-27(38)26(37)25(36)21(13-32)43-30/h4-8,19-27,30,32-38H,1,9-14H2,2-3H3/t19-,20+,21+,22+,23+,24-,25+,26-,27+,30+,31-/m0/s1. The van der Waals surface area contributed by atoms with Crippen LogP contribution in [0.2, 0.25) is 0 Å². The Morgan fingerprint density at radius 1 is 1.09 bits per heavy atom. The first-order valence-corrected chi connectivity index (χ1v) is 14.5. The summed E-state index contributed by atoms with van der Waals surface area (Å²) in [4.78, 5) is 25.4. The Kier molecular flexibility index (Phi) is 10.9. The number of hydrogen-bond acceptors (Lipinski definition) is 13. The number of hydrogen-bond donors (Lipinski definition) is 7. The van der Waals surface area contributed by atoms with Crippen molar-refractivity contribution in [3.8, 4) is 5.75 Å². The molecule has 0 unspecified atom stereocenters. The molecule has 2 fully saturated rings. The normalized spacial score (nSPS) is 36.0. The molecule has 7 N–H and O–H groups in total. The van der Waals surface area contributed by atoms with Crippen LogP contribution >= 0.6 is 0 Å². The monoisotopic (exact) mass is 622 g/mol. The molecule has 244 valence electrons. The van der Waals surface area contributed by atoms with E-state index in [-0.39, 0.29) is 30.8 Å². The summed E-state index contributed by atoms with van der Waals surface area (Å²) in [6, 6.07) is 6.06. The lowest BCUT2D eigenvalue weighted by Crippen LogP contribution is -2.59. The van der Waals surface area contributed by atoms with Crippen LogP contribution in [-0.4, -0.2) is 117 Å². The van der Waals surface area contributed by atoms with Gasteiger partial charge in [-0.25, -0.2) is 9.59 Å². The van der Waals surface area contributed by atoms with Gasteiger partial charge in [0.05, 0.1) is 26.4 Å². The van der Waals surface area contributed by atoms with Gasteiger partial charge < -0.3 is 54.7 Å². The van der Waals surface area contributed by atoms with E-state index in [4.69, 9.17) is 18.9 Å². The molecule has 0 spiro atoms. The van der Waals surface area contributed by atoms with Crippen LogP contribution in [0.1, 0.15) is 31.7 Å². The molecule has 1 aliphatic heterocycles. The van der Waals surface area contributed by atoms with Crippen molar-refractivity contribution in [3.05, 3.63) is 53.6 Å². The summed E-state index contributed by atoms with van der Waals surface area (Å²) in [5, 5.41) is 72.0. The van der Waals surface area contributed by atoms with E-state index in [0.29, 0.717) is 24.0 Å². The van der Waals surface area contributed by atoms with Gasteiger partial charge in [-0.15, -0.1) is 0 Å². The molecule has 13 nitrogen and oxygen atoms in total. The number of phenolic OH excluding ortho intramolecular Hbond substituents is 1. The third-order valence-corrected chi connectivity index (χ3v) is 9.24. The lowest BCUT2D eigenvalue weighted by molar-refractivity contribution is -0.299. The number of methoxy groups -OCH3 is 1. The lowest BCUT2D eigenvalue weighted by atomic mass is 9.54. The number of phenols is 1. The predicted octanol–water partition coefficient (Wildman–Crippen LogP) is -0.523. The Morgan fingerprint density at radius 2 is 1.77 bits per heavy atom. The molecule has 13 heteroatoms. The topological polar surface area (TPSA) is 213 Å². The van der Waals surface area contributed by atoms with Gasteiger partial charge in [0.1, 0.15) is 36.3 Å². The number of aromatic hydroxyl groups is 1. The number of rotatable bonds is 10. The molecule has 2 aliphatic carbocycles. The zero-order chi connectivity index (χ0) is 32.3. The number of ether oxygens (including phenoxy) is 4. The molecule has 3 aliphatic rings. The van der Waals surface area contributed by atoms with Gasteiger partial charge in [-0.3, -0.25) is 0 Å². The quantitative estimate of drug-likeness (QED) is 0.0995. The number of carbonyl (C=O) groups is 2. The van der Waals surface area contributed by atoms with Crippen molar-refractivity contribution in [2.75, 3.05) is 20.3 Å². The van der Waals surface area contributed by atoms with Gasteiger partial charge in [-0.1, -0.05) is 31.7 Å². The van der Waals surface area contributed by atoms with Crippen LogP contribution in [0.4, 0.5) is 0 Å². The van der Waals surface area contributed by atoms with Gasteiger partial charge >= 0.3 is 11.9 Å². The van der Waals surface area contributed by atoms with Crippen LogP contribution in [0.3, 0.4) is 0 Å². The molecule has 11 atom stereocenters. The summed E-state index contributed by atoms with van der Waals surface area (Å²) >= 11 is 0. The van der Waals surface area contributed by atoms with Crippen molar-refractivity contribution in [3.63, 3.8) is 0 Å². The molecule has 1 saturated heterocycles. The summed E-state index contributed by atoms with van der Waals surface area (Å²) in [6.45, 7) is 4.84. The van der Waals surface area contributed by atoms with Gasteiger partial charge in [-0.05, 0) is 36.1 Å². The molecular weight excluding hydrogens is 580 g/mol. The highest BCUT2D eigenvalue weighted by molar-refractivity contribution is 5.88. The summed E-state index contributed by atoms with van der Waals surface area (Å²) < 4.78 is 21.9. The second-order valence-corrected chi connectivity index (χ2v) is 12.0. The van der Waals surface area contributed by atoms with Crippen LogP contribution < -0.4 is 0 Å². The average Bonchev–Trinajstić information content (AvgIpc) is 3.00. The summed E-state index contributed by atoms with van der Waals surface area (Å²) in [5.41, 5.74) is 0.365. The average molecular weight is 623 g/mol. The van der Waals surface area contributed by atoms with Crippen molar-refractivity contribution >= 4 is 11.9 Å². The first kappa shape index (κ1) is 34.0. The summed E-state index contributed by atoms with van der Waals surface area (Å²) in [5.74, 6) is -2.90. The van der Waals surface area contributed by atoms with Crippen molar-refractivity contribution in [1.29, 1.82) is 0 Å². The van der Waals surface area contributed by atoms with Gasteiger partial charge in [-0.2, -0.15) is 0 Å². The van der Waals surface area contributed by atoms with E-state index in [1.165, 1.54) is 19.2 Å². The van der Waals surface area contributed by atoms with Crippen LogP contribution in [0.25, 0.3) is 0 Å². The summed E-state index contributed by atoms with van der Waals surface area (Å²) in [7, 11) is 1.21. The third kappa shape index (κ3) is 6.85. The highest BCUT2D eigenvalue weighted by Crippen LogP contribution is 2.54. The van der Waals surface area contributed by atoms with Crippen LogP contribution in [-0.2, 0) is 35.0 Å². The number of aliphatic hydroxyl groups is 6. The molecule has 0 aromatic heterocycles. The SMILES string of the molecule is C=C(C(=O)OC)[C@@H]1CC[C@]2(C)[C@H](C(CO[C@@H]3O[C@H](CO)[C@@H](O)[C@H](O)[C@H]3O)=CC[C@H]2OC(=O)[C@H](O)Cc2ccc(O)cc2)[C@H]1O. The van der Waals surface area contributed by atoms with Crippen molar-refractivity contribution in [1.82, 2.24) is 0 Å². The fraction of sp³-hybridized carbons (Fsp3) is 0.613. The minimum absolute atomic E-state index is 0.0380. The van der Waals surface area contributed by atoms with E-state index in [1.807, 2.05) is 6.92 Å². The number of carbonyl (C=O) groups excluding carboxylic acids is 2. The zero-order valence-electron chi connectivity index (χ0n) is 24.7. The van der Waals surface area contributed by atoms with Crippen molar-refractivity contribution in [2.24, 2.45) is 17.3 Å². The molecule has 1 saturated carbocycles. The van der Waals surface area contributed by atoms with Gasteiger partial charge in [0.25, 0.3) is 0 Å². The molecule has 0 bridgehead atoms. The van der Waals surface area contributed by atoms with E-state index in [2.05, 4.69) is 6.58 Å². The molecule has 1 heterocycles. The van der Waals surface area contributed by atoms with Crippen LogP contribution in [0.15, 0.2) is 48.1 Å². The minimum Gasteiger partial charge on any atom is -0.508 e. The highest BCUT2D eigenvalue weighted by atomic mass is 16.7. The van der Waals surface area contributed by atoms with E-state index < -0.39 is 84.8 Å². The Balaban J connectivity index is 1.56. The number of esters is 2. The fourth-order valence-electron chi connectivity index (χ4n) is 6.61. The van der Waals surface area contributed by atoms with Gasteiger partial charge in [0, 0.05) is 35.7 Å². The Bertz CT molecular complexity index is 1210. The smallest absolute Gasteiger partial charge is 0.335 e. The van der Waals surface area contributed by atoms with E-state index in [1.54, 1.807) is 18.2 Å². The molecule has 44 heavy (non-hydrogen) atoms. The van der Waals surface area contributed by atoms with Crippen LogP contribution in [0, 0.1) is 17.3 Å². The fourth-order valence-corrected chi connectivity index (χ4v) is 6.61. The molecular formula is C31H42O13.